The summed E-state index contributed by atoms with van der Waals surface area (Å²) in [6.45, 7) is 2.22. The van der Waals surface area contributed by atoms with Gasteiger partial charge in [0.1, 0.15) is 5.82 Å². The number of halogens is 1. The Bertz CT molecular complexity index is 748. The van der Waals surface area contributed by atoms with E-state index in [0.717, 1.165) is 6.07 Å². The minimum absolute atomic E-state index is 0.114. The Kier molecular flexibility index (Phi) is 5.17. The zero-order chi connectivity index (χ0) is 17.6. The second kappa shape index (κ2) is 7.69. The Morgan fingerprint density at radius 3 is 2.48 bits per heavy atom. The van der Waals surface area contributed by atoms with Crippen molar-refractivity contribution >= 4 is 17.8 Å². The summed E-state index contributed by atoms with van der Waals surface area (Å²) in [7, 11) is 0. The first-order valence-corrected chi connectivity index (χ1v) is 7.97. The average molecular weight is 343 g/mol. The van der Waals surface area contributed by atoms with Crippen molar-refractivity contribution in [1.29, 1.82) is 0 Å². The Hall–Kier alpha value is -3.03. The maximum absolute atomic E-state index is 13.1. The molecule has 0 spiro atoms. The van der Waals surface area contributed by atoms with E-state index in [1.54, 1.807) is 23.4 Å². The largest absolute Gasteiger partial charge is 0.343 e. The number of hydrogen-bond acceptors (Lipinski definition) is 5. The Labute approximate surface area is 144 Å². The standard InChI is InChI=1S/C17H18FN5O2/c18-14-4-1-3-13(11-14)16(25)21-12-15(24)22-7-9-23(10-8-22)17-19-5-2-6-20-17/h1-6,11H,7-10,12H2,(H,21,25). The third-order valence-corrected chi connectivity index (χ3v) is 3.95. The molecule has 7 nitrogen and oxygen atoms in total. The quantitative estimate of drug-likeness (QED) is 0.884. The Morgan fingerprint density at radius 1 is 1.08 bits per heavy atom. The molecular formula is C17H18FN5O2. The lowest BCUT2D eigenvalue weighted by molar-refractivity contribution is -0.130. The van der Waals surface area contributed by atoms with Gasteiger partial charge in [0.15, 0.2) is 0 Å². The fraction of sp³-hybridized carbons (Fsp3) is 0.294. The van der Waals surface area contributed by atoms with Gasteiger partial charge in [0.2, 0.25) is 11.9 Å². The molecule has 1 fully saturated rings. The summed E-state index contributed by atoms with van der Waals surface area (Å²) in [5.74, 6) is -0.477. The molecular weight excluding hydrogens is 325 g/mol. The van der Waals surface area contributed by atoms with Crippen molar-refractivity contribution in [2.24, 2.45) is 0 Å². The summed E-state index contributed by atoms with van der Waals surface area (Å²) in [6, 6.07) is 7.11. The van der Waals surface area contributed by atoms with E-state index >= 15 is 0 Å². The summed E-state index contributed by atoms with van der Waals surface area (Å²) < 4.78 is 13.1. The summed E-state index contributed by atoms with van der Waals surface area (Å²) in [5, 5.41) is 2.53. The van der Waals surface area contributed by atoms with E-state index < -0.39 is 11.7 Å². The van der Waals surface area contributed by atoms with Crippen LogP contribution in [0.2, 0.25) is 0 Å². The number of hydrogen-bond donors (Lipinski definition) is 1. The van der Waals surface area contributed by atoms with Gasteiger partial charge in [-0.2, -0.15) is 0 Å². The summed E-state index contributed by atoms with van der Waals surface area (Å²) in [4.78, 5) is 36.3. The minimum Gasteiger partial charge on any atom is -0.343 e. The second-order valence-electron chi connectivity index (χ2n) is 5.61. The number of aromatic nitrogens is 2. The van der Waals surface area contributed by atoms with Crippen LogP contribution >= 0.6 is 0 Å². The summed E-state index contributed by atoms with van der Waals surface area (Å²) >= 11 is 0. The molecule has 3 rings (SSSR count). The predicted octanol–water partition coefficient (Wildman–Crippen LogP) is 0.694. The molecule has 1 aromatic carbocycles. The van der Waals surface area contributed by atoms with Crippen molar-refractivity contribution in [1.82, 2.24) is 20.2 Å². The van der Waals surface area contributed by atoms with E-state index in [2.05, 4.69) is 15.3 Å². The van der Waals surface area contributed by atoms with Crippen LogP contribution in [-0.4, -0.2) is 59.4 Å². The second-order valence-corrected chi connectivity index (χ2v) is 5.61. The molecule has 0 atom stereocenters. The van der Waals surface area contributed by atoms with Crippen LogP contribution in [0.5, 0.6) is 0 Å². The molecule has 1 saturated heterocycles. The number of nitrogens with zero attached hydrogens (tertiary/aromatic N) is 4. The number of amides is 2. The van der Waals surface area contributed by atoms with Crippen LogP contribution < -0.4 is 10.2 Å². The van der Waals surface area contributed by atoms with Crippen LogP contribution in [0.25, 0.3) is 0 Å². The van der Waals surface area contributed by atoms with E-state index in [9.17, 15) is 14.0 Å². The first kappa shape index (κ1) is 16.8. The van der Waals surface area contributed by atoms with Gasteiger partial charge < -0.3 is 15.1 Å². The van der Waals surface area contributed by atoms with Gasteiger partial charge >= 0.3 is 0 Å². The van der Waals surface area contributed by atoms with Crippen LogP contribution in [0.1, 0.15) is 10.4 Å². The number of rotatable bonds is 4. The van der Waals surface area contributed by atoms with E-state index in [4.69, 9.17) is 0 Å². The molecule has 8 heteroatoms. The minimum atomic E-state index is -0.488. The smallest absolute Gasteiger partial charge is 0.251 e. The highest BCUT2D eigenvalue weighted by molar-refractivity contribution is 5.96. The van der Waals surface area contributed by atoms with Gasteiger partial charge in [0, 0.05) is 44.1 Å². The molecule has 0 radical (unpaired) electrons. The van der Waals surface area contributed by atoms with Crippen LogP contribution in [0.15, 0.2) is 42.7 Å². The van der Waals surface area contributed by atoms with Gasteiger partial charge in [-0.25, -0.2) is 14.4 Å². The fourth-order valence-electron chi connectivity index (χ4n) is 2.61. The lowest BCUT2D eigenvalue weighted by atomic mass is 10.2. The maximum atomic E-state index is 13.1. The van der Waals surface area contributed by atoms with Crippen LogP contribution in [0.3, 0.4) is 0 Å². The number of nitrogens with one attached hydrogen (secondary N) is 1. The summed E-state index contributed by atoms with van der Waals surface area (Å²) in [5.41, 5.74) is 0.193. The molecule has 1 aliphatic rings. The van der Waals surface area contributed by atoms with Crippen molar-refractivity contribution in [2.75, 3.05) is 37.6 Å². The van der Waals surface area contributed by atoms with Crippen molar-refractivity contribution in [3.05, 3.63) is 54.1 Å². The maximum Gasteiger partial charge on any atom is 0.251 e. The Balaban J connectivity index is 1.47. The molecule has 1 N–H and O–H groups in total. The van der Waals surface area contributed by atoms with E-state index in [-0.39, 0.29) is 18.0 Å². The first-order valence-electron chi connectivity index (χ1n) is 7.97. The third kappa shape index (κ3) is 4.28. The monoisotopic (exact) mass is 343 g/mol. The zero-order valence-electron chi connectivity index (χ0n) is 13.6. The van der Waals surface area contributed by atoms with Crippen LogP contribution in [-0.2, 0) is 4.79 Å². The Morgan fingerprint density at radius 2 is 1.80 bits per heavy atom. The molecule has 2 heterocycles. The molecule has 130 valence electrons. The molecule has 1 aliphatic heterocycles. The van der Waals surface area contributed by atoms with Crippen molar-refractivity contribution in [3.63, 3.8) is 0 Å². The van der Waals surface area contributed by atoms with Crippen LogP contribution in [0.4, 0.5) is 10.3 Å². The van der Waals surface area contributed by atoms with Crippen molar-refractivity contribution in [2.45, 2.75) is 0 Å². The fourth-order valence-corrected chi connectivity index (χ4v) is 2.61. The SMILES string of the molecule is O=C(NCC(=O)N1CCN(c2ncccn2)CC1)c1cccc(F)c1. The van der Waals surface area contributed by atoms with E-state index in [1.165, 1.54) is 18.2 Å². The van der Waals surface area contributed by atoms with Gasteiger partial charge in [-0.1, -0.05) is 6.07 Å². The van der Waals surface area contributed by atoms with Gasteiger partial charge in [0.25, 0.3) is 5.91 Å². The van der Waals surface area contributed by atoms with Crippen LogP contribution in [0, 0.1) is 5.82 Å². The zero-order valence-corrected chi connectivity index (χ0v) is 13.6. The molecule has 25 heavy (non-hydrogen) atoms. The highest BCUT2D eigenvalue weighted by atomic mass is 19.1. The highest BCUT2D eigenvalue weighted by Gasteiger charge is 2.22. The topological polar surface area (TPSA) is 78.4 Å². The molecule has 0 aliphatic carbocycles. The number of carbonyl (C=O) groups is 2. The predicted molar refractivity (Wildman–Crippen MR) is 89.6 cm³/mol. The van der Waals surface area contributed by atoms with Gasteiger partial charge in [-0.15, -0.1) is 0 Å². The van der Waals surface area contributed by atoms with Gasteiger partial charge in [-0.05, 0) is 24.3 Å². The summed E-state index contributed by atoms with van der Waals surface area (Å²) in [6.07, 6.45) is 3.36. The lowest BCUT2D eigenvalue weighted by Crippen LogP contribution is -2.51. The molecule has 2 aromatic rings. The number of benzene rings is 1. The first-order chi connectivity index (χ1) is 12.1. The molecule has 1 aromatic heterocycles. The molecule has 0 bridgehead atoms. The lowest BCUT2D eigenvalue weighted by Gasteiger charge is -2.34. The van der Waals surface area contributed by atoms with E-state index in [0.29, 0.717) is 32.1 Å². The third-order valence-electron chi connectivity index (χ3n) is 3.95. The number of anilines is 1. The van der Waals surface area contributed by atoms with Crippen molar-refractivity contribution < 1.29 is 14.0 Å². The van der Waals surface area contributed by atoms with Gasteiger partial charge in [0.05, 0.1) is 6.54 Å². The number of piperazine rings is 1. The molecule has 0 unspecified atom stereocenters. The highest BCUT2D eigenvalue weighted by Crippen LogP contribution is 2.09. The average Bonchev–Trinajstić information content (AvgIpc) is 2.66. The number of carbonyl (C=O) groups excluding carboxylic acids is 2. The normalized spacial score (nSPS) is 14.3. The van der Waals surface area contributed by atoms with E-state index in [1.807, 2.05) is 4.90 Å². The molecule has 0 saturated carbocycles. The molecule has 2 amide bonds. The van der Waals surface area contributed by atoms with Crippen molar-refractivity contribution in [3.8, 4) is 0 Å². The van der Waals surface area contributed by atoms with Gasteiger partial charge in [-0.3, -0.25) is 9.59 Å².